The lowest BCUT2D eigenvalue weighted by Crippen LogP contribution is -2.14. The number of fused-ring (bicyclic) bond motifs is 1. The Morgan fingerprint density at radius 3 is 2.39 bits per heavy atom. The molecule has 0 aliphatic heterocycles. The van der Waals surface area contributed by atoms with Crippen molar-refractivity contribution in [3.8, 4) is 11.5 Å². The van der Waals surface area contributed by atoms with E-state index in [-0.39, 0.29) is 11.9 Å². The number of benzene rings is 1. The maximum atomic E-state index is 13.1. The van der Waals surface area contributed by atoms with E-state index in [0.717, 1.165) is 29.6 Å². The third-order valence-electron chi connectivity index (χ3n) is 4.93. The summed E-state index contributed by atoms with van der Waals surface area (Å²) in [6, 6.07) is 7.35. The van der Waals surface area contributed by atoms with Gasteiger partial charge in [-0.15, -0.1) is 0 Å². The third kappa shape index (κ3) is 3.40. The maximum absolute atomic E-state index is 13.1. The van der Waals surface area contributed by atoms with Crippen molar-refractivity contribution in [2.75, 3.05) is 19.5 Å². The average molecular weight is 380 g/mol. The highest BCUT2D eigenvalue weighted by Crippen LogP contribution is 2.40. The number of hydrogen-bond donors (Lipinski definition) is 1. The molecule has 2 aromatic heterocycles. The van der Waals surface area contributed by atoms with E-state index in [1.165, 1.54) is 0 Å². The fraction of sp³-hybridized carbons (Fsp3) is 0.381. The second-order valence-corrected chi connectivity index (χ2v) is 7.34. The molecule has 4 rings (SSSR count). The minimum atomic E-state index is -0.201. The van der Waals surface area contributed by atoms with E-state index in [9.17, 15) is 4.79 Å². The van der Waals surface area contributed by atoms with Crippen molar-refractivity contribution in [3.05, 3.63) is 41.7 Å². The Morgan fingerprint density at radius 1 is 1.14 bits per heavy atom. The van der Waals surface area contributed by atoms with Gasteiger partial charge in [-0.05, 0) is 32.8 Å². The predicted octanol–water partition coefficient (Wildman–Crippen LogP) is 4.16. The van der Waals surface area contributed by atoms with Crippen molar-refractivity contribution in [3.63, 3.8) is 0 Å². The molecule has 146 valence electrons. The van der Waals surface area contributed by atoms with Crippen LogP contribution in [0.2, 0.25) is 0 Å². The van der Waals surface area contributed by atoms with E-state index in [4.69, 9.17) is 14.5 Å². The van der Waals surface area contributed by atoms with Gasteiger partial charge in [0.2, 0.25) is 0 Å². The first-order valence-electron chi connectivity index (χ1n) is 9.42. The summed E-state index contributed by atoms with van der Waals surface area (Å²) in [6.45, 7) is 4.11. The topological polar surface area (TPSA) is 78.3 Å². The normalized spacial score (nSPS) is 13.8. The van der Waals surface area contributed by atoms with Crippen LogP contribution >= 0.6 is 0 Å². The van der Waals surface area contributed by atoms with E-state index >= 15 is 0 Å². The van der Waals surface area contributed by atoms with Crippen molar-refractivity contribution in [2.24, 2.45) is 0 Å². The quantitative estimate of drug-likeness (QED) is 0.695. The summed E-state index contributed by atoms with van der Waals surface area (Å²) >= 11 is 0. The zero-order valence-corrected chi connectivity index (χ0v) is 16.5. The van der Waals surface area contributed by atoms with E-state index in [0.29, 0.717) is 28.7 Å². The van der Waals surface area contributed by atoms with Crippen LogP contribution in [0.25, 0.3) is 11.0 Å². The predicted molar refractivity (Wildman–Crippen MR) is 107 cm³/mol. The number of anilines is 1. The van der Waals surface area contributed by atoms with Crippen LogP contribution in [0.5, 0.6) is 11.5 Å². The van der Waals surface area contributed by atoms with Gasteiger partial charge in [0.05, 0.1) is 31.4 Å². The molecule has 1 amide bonds. The second-order valence-electron chi connectivity index (χ2n) is 7.34. The summed E-state index contributed by atoms with van der Waals surface area (Å²) < 4.78 is 12.4. The number of aromatic nitrogens is 3. The van der Waals surface area contributed by atoms with Gasteiger partial charge in [0, 0.05) is 41.5 Å². The molecule has 2 heterocycles. The number of pyridine rings is 1. The Bertz CT molecular complexity index is 1020. The SMILES string of the molecule is COc1cc(NC(=O)c2cc(C3CC3)nc3c2cnn3C(C)C)cc(OC)c1. The zero-order valence-electron chi connectivity index (χ0n) is 16.5. The first kappa shape index (κ1) is 18.3. The van der Waals surface area contributed by atoms with Crippen LogP contribution in [0, 0.1) is 0 Å². The molecule has 0 saturated heterocycles. The van der Waals surface area contributed by atoms with Crippen LogP contribution in [-0.4, -0.2) is 34.9 Å². The fourth-order valence-corrected chi connectivity index (χ4v) is 3.27. The highest BCUT2D eigenvalue weighted by molar-refractivity contribution is 6.12. The molecule has 0 unspecified atom stereocenters. The molecule has 0 spiro atoms. The summed E-state index contributed by atoms with van der Waals surface area (Å²) in [7, 11) is 3.16. The van der Waals surface area contributed by atoms with E-state index in [1.807, 2.05) is 10.7 Å². The van der Waals surface area contributed by atoms with Crippen LogP contribution in [-0.2, 0) is 0 Å². The number of methoxy groups -OCH3 is 2. The van der Waals surface area contributed by atoms with Gasteiger partial charge in [0.1, 0.15) is 11.5 Å². The molecule has 1 aliphatic carbocycles. The van der Waals surface area contributed by atoms with E-state index in [2.05, 4.69) is 24.3 Å². The molecule has 1 N–H and O–H groups in total. The van der Waals surface area contributed by atoms with Gasteiger partial charge in [-0.1, -0.05) is 0 Å². The third-order valence-corrected chi connectivity index (χ3v) is 4.93. The molecule has 0 bridgehead atoms. The first-order valence-corrected chi connectivity index (χ1v) is 9.42. The van der Waals surface area contributed by atoms with Crippen LogP contribution < -0.4 is 14.8 Å². The lowest BCUT2D eigenvalue weighted by molar-refractivity contribution is 0.102. The number of nitrogens with one attached hydrogen (secondary N) is 1. The number of amides is 1. The van der Waals surface area contributed by atoms with Gasteiger partial charge in [-0.2, -0.15) is 5.10 Å². The largest absolute Gasteiger partial charge is 0.497 e. The Labute approximate surface area is 163 Å². The standard InChI is InChI=1S/C21H24N4O3/c1-12(2)25-20-18(11-22-25)17(10-19(24-20)13-5-6-13)21(26)23-14-7-15(27-3)9-16(8-14)28-4/h7-13H,5-6H2,1-4H3,(H,23,26). The van der Waals surface area contributed by atoms with Crippen LogP contribution in [0.4, 0.5) is 5.69 Å². The van der Waals surface area contributed by atoms with Crippen LogP contribution in [0.15, 0.2) is 30.5 Å². The summed E-state index contributed by atoms with van der Waals surface area (Å²) in [5, 5.41) is 8.17. The lowest BCUT2D eigenvalue weighted by atomic mass is 10.1. The molecule has 1 aliphatic rings. The maximum Gasteiger partial charge on any atom is 0.256 e. The highest BCUT2D eigenvalue weighted by atomic mass is 16.5. The van der Waals surface area contributed by atoms with Gasteiger partial charge in [-0.3, -0.25) is 4.79 Å². The number of carbonyl (C=O) groups is 1. The Kier molecular flexibility index (Phi) is 4.66. The molecule has 0 atom stereocenters. The number of carbonyl (C=O) groups excluding carboxylic acids is 1. The summed E-state index contributed by atoms with van der Waals surface area (Å²) in [5.41, 5.74) is 2.91. The molecule has 1 aromatic carbocycles. The molecule has 0 radical (unpaired) electrons. The van der Waals surface area contributed by atoms with Gasteiger partial charge in [0.25, 0.3) is 5.91 Å². The average Bonchev–Trinajstić information content (AvgIpc) is 3.45. The number of nitrogens with zero attached hydrogens (tertiary/aromatic N) is 3. The van der Waals surface area contributed by atoms with Crippen molar-refractivity contribution in [2.45, 2.75) is 38.6 Å². The smallest absolute Gasteiger partial charge is 0.256 e. The van der Waals surface area contributed by atoms with Gasteiger partial charge >= 0.3 is 0 Å². The van der Waals surface area contributed by atoms with Gasteiger partial charge in [-0.25, -0.2) is 9.67 Å². The van der Waals surface area contributed by atoms with E-state index < -0.39 is 0 Å². The minimum absolute atomic E-state index is 0.165. The van der Waals surface area contributed by atoms with Crippen molar-refractivity contribution in [1.29, 1.82) is 0 Å². The molecule has 1 fully saturated rings. The lowest BCUT2D eigenvalue weighted by Gasteiger charge is -2.12. The minimum Gasteiger partial charge on any atom is -0.497 e. The molecular weight excluding hydrogens is 356 g/mol. The molecular formula is C21H24N4O3. The van der Waals surface area contributed by atoms with Crippen molar-refractivity contribution < 1.29 is 14.3 Å². The fourth-order valence-electron chi connectivity index (χ4n) is 3.27. The van der Waals surface area contributed by atoms with Crippen molar-refractivity contribution in [1.82, 2.24) is 14.8 Å². The molecule has 7 nitrogen and oxygen atoms in total. The Balaban J connectivity index is 1.75. The summed E-state index contributed by atoms with van der Waals surface area (Å²) in [6.07, 6.45) is 3.95. The van der Waals surface area contributed by atoms with Crippen LogP contribution in [0.1, 0.15) is 54.7 Å². The summed E-state index contributed by atoms with van der Waals surface area (Å²) in [4.78, 5) is 17.9. The molecule has 3 aromatic rings. The molecule has 28 heavy (non-hydrogen) atoms. The highest BCUT2D eigenvalue weighted by Gasteiger charge is 2.28. The first-order chi connectivity index (χ1) is 13.5. The van der Waals surface area contributed by atoms with Gasteiger partial charge in [0.15, 0.2) is 5.65 Å². The zero-order chi connectivity index (χ0) is 19.8. The molecule has 1 saturated carbocycles. The number of rotatable bonds is 6. The van der Waals surface area contributed by atoms with E-state index in [1.54, 1.807) is 38.6 Å². The Morgan fingerprint density at radius 2 is 1.82 bits per heavy atom. The number of ether oxygens (including phenoxy) is 2. The van der Waals surface area contributed by atoms with Gasteiger partial charge < -0.3 is 14.8 Å². The molecule has 7 heteroatoms. The number of hydrogen-bond acceptors (Lipinski definition) is 5. The summed E-state index contributed by atoms with van der Waals surface area (Å²) in [5.74, 6) is 1.46. The Hall–Kier alpha value is -3.09. The van der Waals surface area contributed by atoms with Crippen LogP contribution in [0.3, 0.4) is 0 Å². The van der Waals surface area contributed by atoms with Crippen molar-refractivity contribution >= 4 is 22.6 Å². The monoisotopic (exact) mass is 380 g/mol. The second kappa shape index (κ2) is 7.14.